The Hall–Kier alpha value is -2.88. The van der Waals surface area contributed by atoms with E-state index in [2.05, 4.69) is 10.3 Å². The summed E-state index contributed by atoms with van der Waals surface area (Å²) in [6.45, 7) is 4.10. The van der Waals surface area contributed by atoms with Gasteiger partial charge in [0, 0.05) is 18.6 Å². The van der Waals surface area contributed by atoms with E-state index in [0.29, 0.717) is 10.6 Å². The minimum Gasteiger partial charge on any atom is -0.300 e. The molecule has 0 atom stereocenters. The molecule has 0 saturated carbocycles. The fourth-order valence-corrected chi connectivity index (χ4v) is 2.94. The Labute approximate surface area is 140 Å². The van der Waals surface area contributed by atoms with E-state index in [1.165, 1.54) is 13.8 Å². The fraction of sp³-hybridized carbons (Fsp3) is 0.286. The van der Waals surface area contributed by atoms with Gasteiger partial charge in [0.1, 0.15) is 6.54 Å². The zero-order chi connectivity index (χ0) is 18.0. The fourth-order valence-electron chi connectivity index (χ4n) is 2.06. The molecule has 1 N–H and O–H groups in total. The van der Waals surface area contributed by atoms with Crippen molar-refractivity contribution in [3.05, 3.63) is 48.9 Å². The Morgan fingerprint density at radius 1 is 1.42 bits per heavy atom. The van der Waals surface area contributed by atoms with Crippen LogP contribution < -0.4 is 10.9 Å². The maximum Gasteiger partial charge on any atom is 0.288 e. The van der Waals surface area contributed by atoms with Crippen LogP contribution in [0.3, 0.4) is 0 Å². The summed E-state index contributed by atoms with van der Waals surface area (Å²) in [4.78, 5) is 50.1. The van der Waals surface area contributed by atoms with E-state index in [1.807, 2.05) is 0 Å². The molecule has 0 aliphatic rings. The smallest absolute Gasteiger partial charge is 0.288 e. The number of ketones is 1. The molecule has 126 valence electrons. The second kappa shape index (κ2) is 6.71. The van der Waals surface area contributed by atoms with Gasteiger partial charge in [0.05, 0.1) is 21.7 Å². The van der Waals surface area contributed by atoms with E-state index in [1.54, 1.807) is 6.92 Å². The lowest BCUT2D eigenvalue weighted by Gasteiger charge is -2.06. The first-order chi connectivity index (χ1) is 11.2. The van der Waals surface area contributed by atoms with Gasteiger partial charge < -0.3 is 5.32 Å². The SMILES string of the molecule is CC(=O)c1sc(NC(=O)Cn2cc([N+](=O)[O-])c(C)cc2=O)nc1C. The maximum absolute atomic E-state index is 12.0. The molecular formula is C14H14N4O5S. The molecule has 2 aromatic rings. The van der Waals surface area contributed by atoms with Crippen molar-refractivity contribution < 1.29 is 14.5 Å². The van der Waals surface area contributed by atoms with Crippen molar-refractivity contribution in [1.29, 1.82) is 0 Å². The summed E-state index contributed by atoms with van der Waals surface area (Å²) in [5.74, 6) is -0.727. The number of aromatic nitrogens is 2. The third-order valence-corrected chi connectivity index (χ3v) is 4.35. The van der Waals surface area contributed by atoms with Crippen molar-refractivity contribution in [2.24, 2.45) is 0 Å². The summed E-state index contributed by atoms with van der Waals surface area (Å²) >= 11 is 1.03. The number of amides is 1. The summed E-state index contributed by atoms with van der Waals surface area (Å²) in [7, 11) is 0. The van der Waals surface area contributed by atoms with Crippen molar-refractivity contribution in [3.8, 4) is 0 Å². The summed E-state index contributed by atoms with van der Waals surface area (Å²) < 4.78 is 0.951. The van der Waals surface area contributed by atoms with E-state index in [0.717, 1.165) is 28.2 Å². The Morgan fingerprint density at radius 2 is 2.08 bits per heavy atom. The molecule has 0 bridgehead atoms. The van der Waals surface area contributed by atoms with Crippen LogP contribution in [0.1, 0.15) is 27.9 Å². The summed E-state index contributed by atoms with van der Waals surface area (Å²) in [5, 5.41) is 13.6. The number of hydrogen-bond acceptors (Lipinski definition) is 7. The van der Waals surface area contributed by atoms with Crippen molar-refractivity contribution in [2.45, 2.75) is 27.3 Å². The first-order valence-corrected chi connectivity index (χ1v) is 7.64. The number of nitrogens with zero attached hydrogens (tertiary/aromatic N) is 3. The lowest BCUT2D eigenvalue weighted by molar-refractivity contribution is -0.385. The molecule has 0 radical (unpaired) electrons. The van der Waals surface area contributed by atoms with E-state index < -0.39 is 22.9 Å². The highest BCUT2D eigenvalue weighted by Crippen LogP contribution is 2.23. The van der Waals surface area contributed by atoms with E-state index in [9.17, 15) is 24.5 Å². The maximum atomic E-state index is 12.0. The topological polar surface area (TPSA) is 124 Å². The van der Waals surface area contributed by atoms with E-state index in [4.69, 9.17) is 0 Å². The number of thiazole rings is 1. The third kappa shape index (κ3) is 3.71. The number of carbonyl (C=O) groups excluding carboxylic acids is 2. The number of pyridine rings is 1. The predicted molar refractivity (Wildman–Crippen MR) is 87.6 cm³/mol. The van der Waals surface area contributed by atoms with Gasteiger partial charge in [-0.05, 0) is 13.8 Å². The summed E-state index contributed by atoms with van der Waals surface area (Å²) in [6, 6.07) is 1.10. The lowest BCUT2D eigenvalue weighted by Crippen LogP contribution is -2.27. The summed E-state index contributed by atoms with van der Waals surface area (Å²) in [5.41, 5.74) is -0.0337. The van der Waals surface area contributed by atoms with Crippen LogP contribution in [-0.4, -0.2) is 26.2 Å². The second-order valence-corrected chi connectivity index (χ2v) is 6.10. The molecule has 0 aliphatic heterocycles. The molecule has 0 unspecified atom stereocenters. The van der Waals surface area contributed by atoms with Crippen LogP contribution in [-0.2, 0) is 11.3 Å². The molecule has 0 saturated heterocycles. The van der Waals surface area contributed by atoms with Crippen molar-refractivity contribution in [2.75, 3.05) is 5.32 Å². The largest absolute Gasteiger partial charge is 0.300 e. The highest BCUT2D eigenvalue weighted by atomic mass is 32.1. The zero-order valence-electron chi connectivity index (χ0n) is 13.2. The average molecular weight is 350 g/mol. The number of rotatable bonds is 5. The number of nitro groups is 1. The number of nitrogens with one attached hydrogen (secondary N) is 1. The van der Waals surface area contributed by atoms with Gasteiger partial charge in [-0.25, -0.2) is 4.98 Å². The average Bonchev–Trinajstić information content (AvgIpc) is 2.82. The minimum absolute atomic E-state index is 0.157. The van der Waals surface area contributed by atoms with Gasteiger partial charge in [-0.1, -0.05) is 11.3 Å². The molecule has 0 spiro atoms. The third-order valence-electron chi connectivity index (χ3n) is 3.18. The number of hydrogen-bond donors (Lipinski definition) is 1. The van der Waals surface area contributed by atoms with Gasteiger partial charge in [-0.2, -0.15) is 0 Å². The standard InChI is InChI=1S/C14H14N4O5S/c1-7-4-12(21)17(5-10(7)18(22)23)6-11(20)16-14-15-8(2)13(24-14)9(3)19/h4-5H,6H2,1-3H3,(H,15,16,20). The first kappa shape index (κ1) is 17.5. The molecule has 0 aromatic carbocycles. The van der Waals surface area contributed by atoms with Crippen LogP contribution in [0, 0.1) is 24.0 Å². The molecule has 2 aromatic heterocycles. The number of carbonyl (C=O) groups is 2. The van der Waals surface area contributed by atoms with Crippen molar-refractivity contribution in [1.82, 2.24) is 9.55 Å². The molecule has 0 fully saturated rings. The number of anilines is 1. The van der Waals surface area contributed by atoms with Crippen LogP contribution in [0.25, 0.3) is 0 Å². The Bertz CT molecular complexity index is 899. The van der Waals surface area contributed by atoms with Crippen molar-refractivity contribution >= 4 is 33.8 Å². The van der Waals surface area contributed by atoms with Gasteiger partial charge >= 0.3 is 0 Å². The summed E-state index contributed by atoms with van der Waals surface area (Å²) in [6.07, 6.45) is 1.03. The van der Waals surface area contributed by atoms with Gasteiger partial charge in [0.15, 0.2) is 10.9 Å². The second-order valence-electron chi connectivity index (χ2n) is 5.10. The quantitative estimate of drug-likeness (QED) is 0.497. The first-order valence-electron chi connectivity index (χ1n) is 6.82. The molecule has 2 heterocycles. The molecule has 9 nitrogen and oxygen atoms in total. The van der Waals surface area contributed by atoms with Crippen LogP contribution in [0.2, 0.25) is 0 Å². The predicted octanol–water partition coefficient (Wildman–Crippen LogP) is 1.67. The highest BCUT2D eigenvalue weighted by Gasteiger charge is 2.17. The molecule has 2 rings (SSSR count). The van der Waals surface area contributed by atoms with Gasteiger partial charge in [-0.15, -0.1) is 0 Å². The van der Waals surface area contributed by atoms with E-state index in [-0.39, 0.29) is 22.2 Å². The molecule has 0 aliphatic carbocycles. The minimum atomic E-state index is -0.619. The number of Topliss-reactive ketones (excluding diaryl/α,β-unsaturated/α-hetero) is 1. The Balaban J connectivity index is 2.20. The number of aryl methyl sites for hydroxylation is 2. The highest BCUT2D eigenvalue weighted by molar-refractivity contribution is 7.17. The lowest BCUT2D eigenvalue weighted by atomic mass is 10.2. The Morgan fingerprint density at radius 3 is 2.62 bits per heavy atom. The Kier molecular flexibility index (Phi) is 4.88. The molecule has 1 amide bonds. The molecule has 24 heavy (non-hydrogen) atoms. The van der Waals surface area contributed by atoms with Gasteiger partial charge in [0.2, 0.25) is 5.91 Å². The van der Waals surface area contributed by atoms with Crippen LogP contribution in [0.4, 0.5) is 10.8 Å². The van der Waals surface area contributed by atoms with Gasteiger partial charge in [-0.3, -0.25) is 29.1 Å². The monoisotopic (exact) mass is 350 g/mol. The van der Waals surface area contributed by atoms with E-state index >= 15 is 0 Å². The normalized spacial score (nSPS) is 10.5. The van der Waals surface area contributed by atoms with Crippen LogP contribution in [0.5, 0.6) is 0 Å². The van der Waals surface area contributed by atoms with Crippen LogP contribution >= 0.6 is 11.3 Å². The van der Waals surface area contributed by atoms with Crippen LogP contribution in [0.15, 0.2) is 17.1 Å². The molecular weight excluding hydrogens is 336 g/mol. The molecule has 10 heteroatoms. The van der Waals surface area contributed by atoms with Crippen molar-refractivity contribution in [3.63, 3.8) is 0 Å². The van der Waals surface area contributed by atoms with Gasteiger partial charge in [0.25, 0.3) is 11.2 Å². The zero-order valence-corrected chi connectivity index (χ0v) is 14.0.